The number of esters is 1. The van der Waals surface area contributed by atoms with Crippen molar-refractivity contribution in [3.63, 3.8) is 0 Å². The van der Waals surface area contributed by atoms with Crippen molar-refractivity contribution < 1.29 is 29.3 Å². The molecule has 1 heterocycles. The van der Waals surface area contributed by atoms with Crippen LogP contribution in [0.2, 0.25) is 0 Å². The van der Waals surface area contributed by atoms with Crippen LogP contribution in [0.15, 0.2) is 78.4 Å². The number of aliphatic hydroxyl groups excluding tert-OH is 1. The molecule has 35 heavy (non-hydrogen) atoms. The molecule has 1 atom stereocenters. The summed E-state index contributed by atoms with van der Waals surface area (Å²) in [5.41, 5.74) is 2.55. The van der Waals surface area contributed by atoms with Gasteiger partial charge in [0, 0.05) is 11.3 Å². The summed E-state index contributed by atoms with van der Waals surface area (Å²) in [6, 6.07) is 18.3. The first kappa shape index (κ1) is 23.8. The Morgan fingerprint density at radius 1 is 0.914 bits per heavy atom. The number of hydrogen-bond donors (Lipinski definition) is 2. The third-order valence-corrected chi connectivity index (χ3v) is 5.80. The summed E-state index contributed by atoms with van der Waals surface area (Å²) in [5, 5.41) is 20.9. The molecule has 0 spiro atoms. The fraction of sp³-hybridized carbons (Fsp3) is 0.179. The highest BCUT2D eigenvalue weighted by atomic mass is 16.5. The van der Waals surface area contributed by atoms with Crippen LogP contribution in [0.5, 0.6) is 5.75 Å². The van der Waals surface area contributed by atoms with Crippen LogP contribution in [0, 0.1) is 6.92 Å². The number of ketones is 1. The molecule has 1 amide bonds. The minimum Gasteiger partial charge on any atom is -0.508 e. The van der Waals surface area contributed by atoms with Crippen LogP contribution in [0.3, 0.4) is 0 Å². The van der Waals surface area contributed by atoms with Gasteiger partial charge in [0.25, 0.3) is 11.7 Å². The predicted octanol–water partition coefficient (Wildman–Crippen LogP) is 4.89. The molecule has 1 aliphatic rings. The Bertz CT molecular complexity index is 1290. The largest absolute Gasteiger partial charge is 0.508 e. The third kappa shape index (κ3) is 4.66. The number of aliphatic hydroxyl groups is 1. The maximum absolute atomic E-state index is 13.2. The van der Waals surface area contributed by atoms with E-state index in [1.165, 1.54) is 29.2 Å². The van der Waals surface area contributed by atoms with Crippen LogP contribution in [0.4, 0.5) is 5.69 Å². The lowest BCUT2D eigenvalue weighted by Crippen LogP contribution is -2.29. The van der Waals surface area contributed by atoms with E-state index in [0.717, 1.165) is 5.56 Å². The molecule has 0 bridgehead atoms. The molecule has 7 nitrogen and oxygen atoms in total. The van der Waals surface area contributed by atoms with Crippen molar-refractivity contribution >= 4 is 29.1 Å². The molecular formula is C28H25NO6. The first-order valence-corrected chi connectivity index (χ1v) is 11.3. The van der Waals surface area contributed by atoms with E-state index in [0.29, 0.717) is 35.4 Å². The number of nitrogens with zero attached hydrogens (tertiary/aromatic N) is 1. The number of amides is 1. The summed E-state index contributed by atoms with van der Waals surface area (Å²) in [4.78, 5) is 39.8. The topological polar surface area (TPSA) is 104 Å². The Labute approximate surface area is 202 Å². The molecule has 0 saturated carbocycles. The summed E-state index contributed by atoms with van der Waals surface area (Å²) in [6.07, 6.45) is 0.697. The van der Waals surface area contributed by atoms with Gasteiger partial charge in [0.15, 0.2) is 0 Å². The number of Topliss-reactive ketones (excluding diaryl/α,β-unsaturated/α-hetero) is 1. The standard InChI is InChI=1S/C28H25NO6/c1-3-16-35-28(34)20-8-12-21(13-9-20)29-24(18-10-14-22(30)15-11-18)23(26(32)27(29)33)25(31)19-6-4-17(2)5-7-19/h4-15,24,30-31H,3,16H2,1-2H3/b25-23+. The van der Waals surface area contributed by atoms with Crippen molar-refractivity contribution in [3.8, 4) is 5.75 Å². The summed E-state index contributed by atoms with van der Waals surface area (Å²) < 4.78 is 5.15. The third-order valence-electron chi connectivity index (χ3n) is 5.80. The van der Waals surface area contributed by atoms with E-state index in [2.05, 4.69) is 0 Å². The van der Waals surface area contributed by atoms with E-state index < -0.39 is 23.7 Å². The number of carbonyl (C=O) groups excluding carboxylic acids is 3. The Morgan fingerprint density at radius 3 is 2.11 bits per heavy atom. The number of phenolic OH excluding ortho intramolecular Hbond substituents is 1. The average Bonchev–Trinajstić information content (AvgIpc) is 3.13. The van der Waals surface area contributed by atoms with Crippen molar-refractivity contribution in [2.45, 2.75) is 26.3 Å². The Kier molecular flexibility index (Phi) is 6.68. The number of phenols is 1. The summed E-state index contributed by atoms with van der Waals surface area (Å²) >= 11 is 0. The lowest BCUT2D eigenvalue weighted by atomic mass is 9.95. The van der Waals surface area contributed by atoms with Crippen molar-refractivity contribution in [1.29, 1.82) is 0 Å². The normalized spacial score (nSPS) is 17.0. The molecule has 3 aromatic rings. The number of aryl methyl sites for hydroxylation is 1. The number of aromatic hydroxyl groups is 1. The van der Waals surface area contributed by atoms with Crippen LogP contribution in [0.25, 0.3) is 5.76 Å². The van der Waals surface area contributed by atoms with Crippen molar-refractivity contribution in [3.05, 3.63) is 101 Å². The molecule has 178 valence electrons. The van der Waals surface area contributed by atoms with Crippen molar-refractivity contribution in [2.75, 3.05) is 11.5 Å². The minimum absolute atomic E-state index is 0.0270. The first-order chi connectivity index (χ1) is 16.8. The second-order valence-electron chi connectivity index (χ2n) is 8.31. The molecule has 2 N–H and O–H groups in total. The van der Waals surface area contributed by atoms with Crippen LogP contribution in [-0.2, 0) is 14.3 Å². The molecule has 1 unspecified atom stereocenters. The molecule has 0 radical (unpaired) electrons. The van der Waals surface area contributed by atoms with Gasteiger partial charge in [-0.1, -0.05) is 48.9 Å². The Morgan fingerprint density at radius 2 is 1.51 bits per heavy atom. The van der Waals surface area contributed by atoms with Crippen LogP contribution in [-0.4, -0.2) is 34.5 Å². The molecule has 0 aromatic heterocycles. The summed E-state index contributed by atoms with van der Waals surface area (Å²) in [7, 11) is 0. The van der Waals surface area contributed by atoms with Crippen molar-refractivity contribution in [1.82, 2.24) is 0 Å². The number of rotatable bonds is 6. The zero-order valence-corrected chi connectivity index (χ0v) is 19.4. The van der Waals surface area contributed by atoms with Gasteiger partial charge in [-0.2, -0.15) is 0 Å². The fourth-order valence-electron chi connectivity index (χ4n) is 3.97. The van der Waals surface area contributed by atoms with Crippen LogP contribution < -0.4 is 4.90 Å². The van der Waals surface area contributed by atoms with Crippen LogP contribution in [0.1, 0.15) is 46.4 Å². The van der Waals surface area contributed by atoms with Crippen molar-refractivity contribution in [2.24, 2.45) is 0 Å². The van der Waals surface area contributed by atoms with Gasteiger partial charge in [-0.3, -0.25) is 14.5 Å². The number of hydrogen-bond acceptors (Lipinski definition) is 6. The van der Waals surface area contributed by atoms with E-state index in [4.69, 9.17) is 4.74 Å². The second-order valence-corrected chi connectivity index (χ2v) is 8.31. The molecule has 1 aliphatic heterocycles. The molecule has 7 heteroatoms. The van der Waals surface area contributed by atoms with E-state index >= 15 is 0 Å². The van der Waals surface area contributed by atoms with Gasteiger partial charge in [-0.15, -0.1) is 0 Å². The zero-order chi connectivity index (χ0) is 25.1. The van der Waals surface area contributed by atoms with Gasteiger partial charge in [0.1, 0.15) is 11.5 Å². The Balaban J connectivity index is 1.81. The van der Waals surface area contributed by atoms with Gasteiger partial charge in [-0.25, -0.2) is 4.79 Å². The fourth-order valence-corrected chi connectivity index (χ4v) is 3.97. The molecule has 0 aliphatic carbocycles. The maximum atomic E-state index is 13.2. The Hall–Kier alpha value is -4.39. The molecule has 1 saturated heterocycles. The van der Waals surface area contributed by atoms with Crippen LogP contribution >= 0.6 is 0 Å². The second kappa shape index (κ2) is 9.85. The average molecular weight is 472 g/mol. The monoisotopic (exact) mass is 471 g/mol. The number of anilines is 1. The minimum atomic E-state index is -0.935. The molecule has 4 rings (SSSR count). The quantitative estimate of drug-likeness (QED) is 0.230. The molecular weight excluding hydrogens is 446 g/mol. The highest BCUT2D eigenvalue weighted by Gasteiger charge is 2.47. The molecule has 1 fully saturated rings. The van der Waals surface area contributed by atoms with Gasteiger partial charge >= 0.3 is 5.97 Å². The van der Waals surface area contributed by atoms with Gasteiger partial charge < -0.3 is 14.9 Å². The lowest BCUT2D eigenvalue weighted by Gasteiger charge is -2.25. The smallest absolute Gasteiger partial charge is 0.338 e. The maximum Gasteiger partial charge on any atom is 0.338 e. The SMILES string of the molecule is CCCOC(=O)c1ccc(N2C(=O)C(=O)/C(=C(/O)c3ccc(C)cc3)C2c2ccc(O)cc2)cc1. The van der Waals surface area contributed by atoms with E-state index in [9.17, 15) is 24.6 Å². The zero-order valence-electron chi connectivity index (χ0n) is 19.4. The van der Waals surface area contributed by atoms with Gasteiger partial charge in [0.2, 0.25) is 0 Å². The number of benzene rings is 3. The predicted molar refractivity (Wildman–Crippen MR) is 131 cm³/mol. The van der Waals surface area contributed by atoms with Gasteiger partial charge in [0.05, 0.1) is 23.8 Å². The molecule has 3 aromatic carbocycles. The van der Waals surface area contributed by atoms with Gasteiger partial charge in [-0.05, 0) is 55.3 Å². The van der Waals surface area contributed by atoms with E-state index in [-0.39, 0.29) is 17.1 Å². The summed E-state index contributed by atoms with van der Waals surface area (Å²) in [6.45, 7) is 4.10. The number of ether oxygens (including phenoxy) is 1. The van der Waals surface area contributed by atoms with E-state index in [1.54, 1.807) is 48.5 Å². The summed E-state index contributed by atoms with van der Waals surface area (Å²) in [5.74, 6) is -2.37. The van der Waals surface area contributed by atoms with E-state index in [1.807, 2.05) is 13.8 Å². The first-order valence-electron chi connectivity index (χ1n) is 11.3. The number of carbonyl (C=O) groups is 3. The highest BCUT2D eigenvalue weighted by molar-refractivity contribution is 6.51. The lowest BCUT2D eigenvalue weighted by molar-refractivity contribution is -0.132. The highest BCUT2D eigenvalue weighted by Crippen LogP contribution is 2.42.